The summed E-state index contributed by atoms with van der Waals surface area (Å²) in [7, 11) is 0. The van der Waals surface area contributed by atoms with Gasteiger partial charge >= 0.3 is 0 Å². The zero-order valence-electron chi connectivity index (χ0n) is 11.9. The quantitative estimate of drug-likeness (QED) is 0.819. The Bertz CT molecular complexity index is 375. The van der Waals surface area contributed by atoms with E-state index in [2.05, 4.69) is 16.9 Å². The SMILES string of the molecule is CCC[C@H]1CCCN(C(=O)CCn2cccn2)CC1. The van der Waals surface area contributed by atoms with E-state index in [9.17, 15) is 4.79 Å². The standard InChI is InChI=1S/C15H25N3O/c1-2-5-14-6-3-10-17(12-7-14)15(19)8-13-18-11-4-9-16-18/h4,9,11,14H,2-3,5-8,10,12-13H2,1H3/t14-/m0/s1. The van der Waals surface area contributed by atoms with Crippen molar-refractivity contribution in [3.63, 3.8) is 0 Å². The van der Waals surface area contributed by atoms with Gasteiger partial charge in [0.2, 0.25) is 5.91 Å². The van der Waals surface area contributed by atoms with Crippen molar-refractivity contribution in [3.05, 3.63) is 18.5 Å². The van der Waals surface area contributed by atoms with E-state index in [4.69, 9.17) is 0 Å². The van der Waals surface area contributed by atoms with E-state index in [1.807, 2.05) is 16.9 Å². The monoisotopic (exact) mass is 263 g/mol. The Labute approximate surface area is 115 Å². The molecule has 1 fully saturated rings. The normalized spacial score (nSPS) is 20.3. The van der Waals surface area contributed by atoms with E-state index in [0.717, 1.165) is 25.4 Å². The molecule has 1 aromatic rings. The Balaban J connectivity index is 1.76. The third-order valence-electron chi connectivity index (χ3n) is 4.01. The minimum atomic E-state index is 0.285. The Kier molecular flexibility index (Phi) is 5.43. The van der Waals surface area contributed by atoms with Gasteiger partial charge in [0.05, 0.1) is 0 Å². The molecule has 106 valence electrons. The molecule has 1 atom stereocenters. The molecule has 1 aliphatic heterocycles. The number of aromatic nitrogens is 2. The summed E-state index contributed by atoms with van der Waals surface area (Å²) in [6.07, 6.45) is 10.4. The van der Waals surface area contributed by atoms with E-state index in [1.165, 1.54) is 25.7 Å². The fourth-order valence-corrected chi connectivity index (χ4v) is 2.91. The van der Waals surface area contributed by atoms with Gasteiger partial charge in [-0.1, -0.05) is 19.8 Å². The fourth-order valence-electron chi connectivity index (χ4n) is 2.91. The van der Waals surface area contributed by atoms with Crippen molar-refractivity contribution in [1.29, 1.82) is 0 Å². The van der Waals surface area contributed by atoms with Crippen LogP contribution in [0.15, 0.2) is 18.5 Å². The van der Waals surface area contributed by atoms with Crippen LogP contribution in [0.4, 0.5) is 0 Å². The number of hydrogen-bond donors (Lipinski definition) is 0. The summed E-state index contributed by atoms with van der Waals surface area (Å²) < 4.78 is 1.83. The maximum atomic E-state index is 12.2. The molecule has 2 heterocycles. The highest BCUT2D eigenvalue weighted by Crippen LogP contribution is 2.22. The van der Waals surface area contributed by atoms with Crippen LogP contribution in [0, 0.1) is 5.92 Å². The summed E-state index contributed by atoms with van der Waals surface area (Å²) in [5.74, 6) is 1.11. The van der Waals surface area contributed by atoms with Crippen LogP contribution >= 0.6 is 0 Å². The summed E-state index contributed by atoms with van der Waals surface area (Å²) in [5.41, 5.74) is 0. The minimum absolute atomic E-state index is 0.285. The lowest BCUT2D eigenvalue weighted by atomic mass is 9.96. The first-order valence-corrected chi connectivity index (χ1v) is 7.54. The summed E-state index contributed by atoms with van der Waals surface area (Å²) in [5, 5.41) is 4.13. The highest BCUT2D eigenvalue weighted by Gasteiger charge is 2.19. The fraction of sp³-hybridized carbons (Fsp3) is 0.733. The number of hydrogen-bond acceptors (Lipinski definition) is 2. The number of amides is 1. The molecule has 0 unspecified atom stereocenters. The van der Waals surface area contributed by atoms with Crippen molar-refractivity contribution in [2.45, 2.75) is 52.0 Å². The van der Waals surface area contributed by atoms with E-state index in [-0.39, 0.29) is 5.91 Å². The average molecular weight is 263 g/mol. The van der Waals surface area contributed by atoms with Crippen molar-refractivity contribution >= 4 is 5.91 Å². The smallest absolute Gasteiger partial charge is 0.224 e. The molecule has 1 amide bonds. The first-order valence-electron chi connectivity index (χ1n) is 7.54. The summed E-state index contributed by atoms with van der Waals surface area (Å²) in [4.78, 5) is 14.3. The predicted molar refractivity (Wildman–Crippen MR) is 75.7 cm³/mol. The number of rotatable bonds is 5. The summed E-state index contributed by atoms with van der Waals surface area (Å²) in [6.45, 7) is 4.83. The van der Waals surface area contributed by atoms with Gasteiger partial charge in [-0.05, 0) is 31.2 Å². The van der Waals surface area contributed by atoms with Crippen LogP contribution in [0.5, 0.6) is 0 Å². The van der Waals surface area contributed by atoms with Gasteiger partial charge in [-0.2, -0.15) is 5.10 Å². The van der Waals surface area contributed by atoms with E-state index in [1.54, 1.807) is 6.20 Å². The second-order valence-electron chi connectivity index (χ2n) is 5.49. The average Bonchev–Trinajstić information content (AvgIpc) is 2.82. The molecule has 0 N–H and O–H groups in total. The molecule has 0 aromatic carbocycles. The molecule has 4 nitrogen and oxygen atoms in total. The van der Waals surface area contributed by atoms with Gasteiger partial charge in [0.1, 0.15) is 0 Å². The Morgan fingerprint density at radius 3 is 3.00 bits per heavy atom. The van der Waals surface area contributed by atoms with Gasteiger partial charge in [-0.3, -0.25) is 9.48 Å². The second kappa shape index (κ2) is 7.31. The van der Waals surface area contributed by atoms with Gasteiger partial charge in [-0.25, -0.2) is 0 Å². The number of aryl methyl sites for hydroxylation is 1. The summed E-state index contributed by atoms with van der Waals surface area (Å²) >= 11 is 0. The molecule has 0 bridgehead atoms. The maximum absolute atomic E-state index is 12.2. The van der Waals surface area contributed by atoms with E-state index in [0.29, 0.717) is 13.0 Å². The van der Waals surface area contributed by atoms with Gasteiger partial charge in [0.25, 0.3) is 0 Å². The van der Waals surface area contributed by atoms with Gasteiger partial charge < -0.3 is 4.90 Å². The molecule has 2 rings (SSSR count). The van der Waals surface area contributed by atoms with Gasteiger partial charge in [-0.15, -0.1) is 0 Å². The molecular weight excluding hydrogens is 238 g/mol. The maximum Gasteiger partial charge on any atom is 0.224 e. The second-order valence-corrected chi connectivity index (χ2v) is 5.49. The molecular formula is C15H25N3O. The minimum Gasteiger partial charge on any atom is -0.343 e. The highest BCUT2D eigenvalue weighted by molar-refractivity contribution is 5.76. The van der Waals surface area contributed by atoms with Gasteiger partial charge in [0.15, 0.2) is 0 Å². The first kappa shape index (κ1) is 14.1. The topological polar surface area (TPSA) is 38.1 Å². The van der Waals surface area contributed by atoms with Crippen LogP contribution in [0.3, 0.4) is 0 Å². The number of carbonyl (C=O) groups excluding carboxylic acids is 1. The van der Waals surface area contributed by atoms with Crippen molar-refractivity contribution in [2.75, 3.05) is 13.1 Å². The predicted octanol–water partition coefficient (Wildman–Crippen LogP) is 2.70. The van der Waals surface area contributed by atoms with Gasteiger partial charge in [0, 0.05) is 38.4 Å². The molecule has 1 saturated heterocycles. The van der Waals surface area contributed by atoms with Crippen LogP contribution in [0.1, 0.15) is 45.4 Å². The molecule has 19 heavy (non-hydrogen) atoms. The van der Waals surface area contributed by atoms with Crippen LogP contribution in [0.25, 0.3) is 0 Å². The zero-order chi connectivity index (χ0) is 13.5. The zero-order valence-corrected chi connectivity index (χ0v) is 11.9. The molecule has 1 aromatic heterocycles. The third kappa shape index (κ3) is 4.37. The summed E-state index contributed by atoms with van der Waals surface area (Å²) in [6, 6.07) is 1.89. The van der Waals surface area contributed by atoms with E-state index >= 15 is 0 Å². The largest absolute Gasteiger partial charge is 0.343 e. The molecule has 0 spiro atoms. The van der Waals surface area contributed by atoms with Crippen molar-refractivity contribution in [3.8, 4) is 0 Å². The molecule has 1 aliphatic rings. The van der Waals surface area contributed by atoms with Crippen LogP contribution in [-0.4, -0.2) is 33.7 Å². The number of carbonyl (C=O) groups is 1. The van der Waals surface area contributed by atoms with Crippen LogP contribution in [0.2, 0.25) is 0 Å². The molecule has 4 heteroatoms. The highest BCUT2D eigenvalue weighted by atomic mass is 16.2. The Hall–Kier alpha value is -1.32. The number of likely N-dealkylation sites (tertiary alicyclic amines) is 1. The Morgan fingerprint density at radius 1 is 1.37 bits per heavy atom. The van der Waals surface area contributed by atoms with Crippen molar-refractivity contribution < 1.29 is 4.79 Å². The molecule has 0 aliphatic carbocycles. The lowest BCUT2D eigenvalue weighted by molar-refractivity contribution is -0.131. The lowest BCUT2D eigenvalue weighted by Crippen LogP contribution is -2.32. The molecule has 0 saturated carbocycles. The van der Waals surface area contributed by atoms with E-state index < -0.39 is 0 Å². The Morgan fingerprint density at radius 2 is 2.26 bits per heavy atom. The van der Waals surface area contributed by atoms with Crippen molar-refractivity contribution in [1.82, 2.24) is 14.7 Å². The van der Waals surface area contributed by atoms with Crippen molar-refractivity contribution in [2.24, 2.45) is 5.92 Å². The third-order valence-corrected chi connectivity index (χ3v) is 4.01. The van der Waals surface area contributed by atoms with Crippen LogP contribution in [-0.2, 0) is 11.3 Å². The lowest BCUT2D eigenvalue weighted by Gasteiger charge is -2.20. The van der Waals surface area contributed by atoms with Crippen LogP contribution < -0.4 is 0 Å². The number of nitrogens with zero attached hydrogens (tertiary/aromatic N) is 3. The first-order chi connectivity index (χ1) is 9.29. The molecule has 0 radical (unpaired) electrons.